The topological polar surface area (TPSA) is 111 Å². The van der Waals surface area contributed by atoms with E-state index in [0.29, 0.717) is 17.1 Å². The summed E-state index contributed by atoms with van der Waals surface area (Å²) in [6, 6.07) is 12.1. The fraction of sp³-hybridized carbons (Fsp3) is 0.176. The van der Waals surface area contributed by atoms with Crippen molar-refractivity contribution in [2.75, 3.05) is 10.6 Å². The molecule has 2 aromatic rings. The summed E-state index contributed by atoms with van der Waals surface area (Å²) in [5, 5.41) is 15.9. The molecule has 0 heterocycles. The van der Waals surface area contributed by atoms with E-state index in [4.69, 9.17) is 4.74 Å². The Kier molecular flexibility index (Phi) is 5.67. The van der Waals surface area contributed by atoms with E-state index in [1.165, 1.54) is 31.2 Å². The van der Waals surface area contributed by atoms with E-state index in [0.717, 1.165) is 0 Å². The Labute approximate surface area is 144 Å². The molecule has 2 N–H and O–H groups in total. The van der Waals surface area contributed by atoms with Gasteiger partial charge in [-0.3, -0.25) is 19.7 Å². The zero-order chi connectivity index (χ0) is 18.4. The molecule has 0 saturated carbocycles. The molecule has 0 aromatic heterocycles. The molecule has 1 atom stereocenters. The maximum Gasteiger partial charge on any atom is 0.269 e. The summed E-state index contributed by atoms with van der Waals surface area (Å²) < 4.78 is 5.47. The van der Waals surface area contributed by atoms with Gasteiger partial charge in [-0.05, 0) is 43.3 Å². The predicted molar refractivity (Wildman–Crippen MR) is 92.6 cm³/mol. The van der Waals surface area contributed by atoms with Crippen molar-refractivity contribution in [2.24, 2.45) is 0 Å². The van der Waals surface area contributed by atoms with E-state index in [2.05, 4.69) is 10.6 Å². The van der Waals surface area contributed by atoms with Crippen molar-refractivity contribution in [3.05, 3.63) is 58.6 Å². The molecular formula is C17H17N3O5. The normalized spacial score (nSPS) is 11.3. The Morgan fingerprint density at radius 2 is 1.52 bits per heavy atom. The number of amides is 2. The number of ether oxygens (including phenoxy) is 1. The highest BCUT2D eigenvalue weighted by Gasteiger charge is 2.15. The van der Waals surface area contributed by atoms with E-state index in [1.807, 2.05) is 0 Å². The third-order valence-electron chi connectivity index (χ3n) is 3.20. The molecule has 0 saturated heterocycles. The van der Waals surface area contributed by atoms with Crippen LogP contribution in [0.15, 0.2) is 48.5 Å². The molecule has 0 aliphatic heterocycles. The van der Waals surface area contributed by atoms with Gasteiger partial charge in [0.25, 0.3) is 11.6 Å². The maximum absolute atomic E-state index is 12.1. The molecule has 8 heteroatoms. The first kappa shape index (κ1) is 17.9. The average Bonchev–Trinajstić information content (AvgIpc) is 2.56. The number of nitrogens with zero attached hydrogens (tertiary/aromatic N) is 1. The quantitative estimate of drug-likeness (QED) is 0.619. The summed E-state index contributed by atoms with van der Waals surface area (Å²) in [5.41, 5.74) is 1.13. The molecule has 0 radical (unpaired) electrons. The molecule has 2 rings (SSSR count). The first-order chi connectivity index (χ1) is 11.8. The van der Waals surface area contributed by atoms with Crippen LogP contribution in [0.2, 0.25) is 0 Å². The fourth-order valence-corrected chi connectivity index (χ4v) is 1.99. The van der Waals surface area contributed by atoms with Gasteiger partial charge < -0.3 is 15.4 Å². The molecule has 0 aliphatic carbocycles. The minimum atomic E-state index is -0.795. The number of hydrogen-bond donors (Lipinski definition) is 2. The summed E-state index contributed by atoms with van der Waals surface area (Å²) in [6.07, 6.45) is -0.795. The van der Waals surface area contributed by atoms with E-state index in [9.17, 15) is 19.7 Å². The highest BCUT2D eigenvalue weighted by atomic mass is 16.6. The Balaban J connectivity index is 1.93. The van der Waals surface area contributed by atoms with Crippen molar-refractivity contribution < 1.29 is 19.2 Å². The molecule has 2 aromatic carbocycles. The molecule has 130 valence electrons. The van der Waals surface area contributed by atoms with Crippen LogP contribution < -0.4 is 15.4 Å². The number of carbonyl (C=O) groups excluding carboxylic acids is 2. The van der Waals surface area contributed by atoms with Crippen molar-refractivity contribution in [3.63, 3.8) is 0 Å². The van der Waals surface area contributed by atoms with E-state index < -0.39 is 11.0 Å². The van der Waals surface area contributed by atoms with Crippen LogP contribution in [0, 0.1) is 10.1 Å². The number of anilines is 2. The highest BCUT2D eigenvalue weighted by Crippen LogP contribution is 2.19. The molecule has 2 amide bonds. The summed E-state index contributed by atoms with van der Waals surface area (Å²) in [5.74, 6) is -0.193. The molecular weight excluding hydrogens is 326 g/mol. The van der Waals surface area contributed by atoms with Gasteiger partial charge in [0.15, 0.2) is 6.10 Å². The van der Waals surface area contributed by atoms with Crippen LogP contribution in [-0.4, -0.2) is 22.8 Å². The molecule has 25 heavy (non-hydrogen) atoms. The van der Waals surface area contributed by atoms with Crippen LogP contribution >= 0.6 is 0 Å². The lowest BCUT2D eigenvalue weighted by Gasteiger charge is -2.15. The summed E-state index contributed by atoms with van der Waals surface area (Å²) in [6.45, 7) is 2.98. The van der Waals surface area contributed by atoms with Gasteiger partial charge in [-0.2, -0.15) is 0 Å². The van der Waals surface area contributed by atoms with Crippen molar-refractivity contribution in [1.29, 1.82) is 0 Å². The number of benzene rings is 2. The first-order valence-corrected chi connectivity index (χ1v) is 7.45. The minimum Gasteiger partial charge on any atom is -0.481 e. The molecule has 0 aliphatic rings. The third kappa shape index (κ3) is 5.31. The summed E-state index contributed by atoms with van der Waals surface area (Å²) in [4.78, 5) is 33.2. The second-order valence-corrected chi connectivity index (χ2v) is 5.26. The van der Waals surface area contributed by atoms with Crippen molar-refractivity contribution in [2.45, 2.75) is 20.0 Å². The number of nitro benzene ring substituents is 1. The Bertz CT molecular complexity index is 772. The summed E-state index contributed by atoms with van der Waals surface area (Å²) >= 11 is 0. The second-order valence-electron chi connectivity index (χ2n) is 5.26. The second kappa shape index (κ2) is 7.91. The zero-order valence-electron chi connectivity index (χ0n) is 13.7. The largest absolute Gasteiger partial charge is 0.481 e. The minimum absolute atomic E-state index is 0.0521. The smallest absolute Gasteiger partial charge is 0.269 e. The monoisotopic (exact) mass is 343 g/mol. The molecule has 0 fully saturated rings. The van der Waals surface area contributed by atoms with Gasteiger partial charge in [0.2, 0.25) is 5.91 Å². The Hall–Kier alpha value is -3.42. The Morgan fingerprint density at radius 1 is 1.00 bits per heavy atom. The average molecular weight is 343 g/mol. The van der Waals surface area contributed by atoms with Gasteiger partial charge >= 0.3 is 0 Å². The molecule has 0 unspecified atom stereocenters. The van der Waals surface area contributed by atoms with Crippen LogP contribution in [0.3, 0.4) is 0 Å². The third-order valence-corrected chi connectivity index (χ3v) is 3.20. The maximum atomic E-state index is 12.1. The number of non-ortho nitro benzene ring substituents is 1. The van der Waals surface area contributed by atoms with Crippen LogP contribution in [0.5, 0.6) is 5.75 Å². The summed E-state index contributed by atoms with van der Waals surface area (Å²) in [7, 11) is 0. The van der Waals surface area contributed by atoms with E-state index >= 15 is 0 Å². The molecule has 0 bridgehead atoms. The number of nitro groups is 1. The number of rotatable bonds is 6. The van der Waals surface area contributed by atoms with Crippen molar-refractivity contribution in [3.8, 4) is 5.75 Å². The molecule has 8 nitrogen and oxygen atoms in total. The number of hydrogen-bond acceptors (Lipinski definition) is 5. The van der Waals surface area contributed by atoms with Crippen LogP contribution in [-0.2, 0) is 9.59 Å². The first-order valence-electron chi connectivity index (χ1n) is 7.45. The standard InChI is InChI=1S/C17H17N3O5/c1-11(25-16-9-7-15(8-10-16)20(23)24)17(22)19-14-5-3-13(4-6-14)18-12(2)21/h3-11H,1-2H3,(H,18,21)(H,19,22)/t11-/m1/s1. The van der Waals surface area contributed by atoms with Gasteiger partial charge in [-0.25, -0.2) is 0 Å². The van der Waals surface area contributed by atoms with Gasteiger partial charge in [0.05, 0.1) is 4.92 Å². The van der Waals surface area contributed by atoms with Gasteiger partial charge in [0.1, 0.15) is 5.75 Å². The van der Waals surface area contributed by atoms with Crippen LogP contribution in [0.1, 0.15) is 13.8 Å². The van der Waals surface area contributed by atoms with Crippen molar-refractivity contribution >= 4 is 28.9 Å². The highest BCUT2D eigenvalue weighted by molar-refractivity contribution is 5.94. The lowest BCUT2D eigenvalue weighted by molar-refractivity contribution is -0.384. The van der Waals surface area contributed by atoms with Crippen LogP contribution in [0.4, 0.5) is 17.1 Å². The van der Waals surface area contributed by atoms with E-state index in [1.54, 1.807) is 31.2 Å². The van der Waals surface area contributed by atoms with Gasteiger partial charge in [-0.1, -0.05) is 0 Å². The number of nitrogens with one attached hydrogen (secondary N) is 2. The lowest BCUT2D eigenvalue weighted by atomic mass is 10.2. The lowest BCUT2D eigenvalue weighted by Crippen LogP contribution is -2.30. The van der Waals surface area contributed by atoms with Crippen LogP contribution in [0.25, 0.3) is 0 Å². The van der Waals surface area contributed by atoms with Gasteiger partial charge in [-0.15, -0.1) is 0 Å². The van der Waals surface area contributed by atoms with Crippen molar-refractivity contribution in [1.82, 2.24) is 0 Å². The zero-order valence-corrected chi connectivity index (χ0v) is 13.7. The molecule has 0 spiro atoms. The van der Waals surface area contributed by atoms with Gasteiger partial charge in [0, 0.05) is 30.4 Å². The SMILES string of the molecule is CC(=O)Nc1ccc(NC(=O)[C@@H](C)Oc2ccc([N+](=O)[O-])cc2)cc1. The predicted octanol–water partition coefficient (Wildman–Crippen LogP) is 2.96. The fourth-order valence-electron chi connectivity index (χ4n) is 1.99. The number of carbonyl (C=O) groups is 2. The Morgan fingerprint density at radius 3 is 2.00 bits per heavy atom. The van der Waals surface area contributed by atoms with E-state index in [-0.39, 0.29) is 17.5 Å².